The monoisotopic (exact) mass is 279 g/mol. The van der Waals surface area contributed by atoms with Crippen molar-refractivity contribution in [2.24, 2.45) is 0 Å². The molecule has 2 unspecified atom stereocenters. The van der Waals surface area contributed by atoms with E-state index in [9.17, 15) is 4.79 Å². The van der Waals surface area contributed by atoms with E-state index in [1.54, 1.807) is 6.92 Å². The molecule has 2 saturated heterocycles. The third kappa shape index (κ3) is 2.70. The molecule has 1 aromatic heterocycles. The maximum Gasteiger partial charge on any atom is 0.252 e. The molecule has 0 aromatic carbocycles. The molecule has 0 N–H and O–H groups in total. The van der Waals surface area contributed by atoms with Crippen LogP contribution >= 0.6 is 0 Å². The first-order valence-corrected chi connectivity index (χ1v) is 7.48. The SMILES string of the molecule is Cc1nc(C2CCCCN2C(=O)C2CCCCO2)no1. The summed E-state index contributed by atoms with van der Waals surface area (Å²) < 4.78 is 10.7. The van der Waals surface area contributed by atoms with E-state index in [2.05, 4.69) is 10.1 Å². The zero-order chi connectivity index (χ0) is 13.9. The van der Waals surface area contributed by atoms with Gasteiger partial charge in [0.1, 0.15) is 6.10 Å². The first-order chi connectivity index (χ1) is 9.75. The van der Waals surface area contributed by atoms with E-state index >= 15 is 0 Å². The van der Waals surface area contributed by atoms with Gasteiger partial charge < -0.3 is 14.2 Å². The van der Waals surface area contributed by atoms with Crippen LogP contribution in [0.2, 0.25) is 0 Å². The highest BCUT2D eigenvalue weighted by molar-refractivity contribution is 5.81. The van der Waals surface area contributed by atoms with Crippen LogP contribution in [0.3, 0.4) is 0 Å². The number of carbonyl (C=O) groups is 1. The topological polar surface area (TPSA) is 68.5 Å². The standard InChI is InChI=1S/C14H21N3O3/c1-10-15-13(16-20-10)11-6-2-4-8-17(11)14(18)12-7-3-5-9-19-12/h11-12H,2-9H2,1H3. The molecule has 1 aromatic rings. The van der Waals surface area contributed by atoms with Gasteiger partial charge in [-0.05, 0) is 38.5 Å². The van der Waals surface area contributed by atoms with Crippen molar-refractivity contribution in [2.75, 3.05) is 13.2 Å². The van der Waals surface area contributed by atoms with Crippen molar-refractivity contribution in [1.82, 2.24) is 15.0 Å². The first kappa shape index (κ1) is 13.5. The number of aromatic nitrogens is 2. The predicted molar refractivity (Wildman–Crippen MR) is 70.9 cm³/mol. The third-order valence-electron chi connectivity index (χ3n) is 4.08. The van der Waals surface area contributed by atoms with E-state index in [4.69, 9.17) is 9.26 Å². The fourth-order valence-corrected chi connectivity index (χ4v) is 3.03. The summed E-state index contributed by atoms with van der Waals surface area (Å²) in [6, 6.07) is -0.0563. The zero-order valence-corrected chi connectivity index (χ0v) is 11.9. The maximum atomic E-state index is 12.7. The Morgan fingerprint density at radius 1 is 1.25 bits per heavy atom. The predicted octanol–water partition coefficient (Wildman–Crippen LogP) is 2.00. The average molecular weight is 279 g/mol. The number of likely N-dealkylation sites (tertiary alicyclic amines) is 1. The molecule has 3 rings (SSSR count). The Hall–Kier alpha value is -1.43. The smallest absolute Gasteiger partial charge is 0.252 e. The second-order valence-corrected chi connectivity index (χ2v) is 5.57. The summed E-state index contributed by atoms with van der Waals surface area (Å²) in [5.74, 6) is 1.27. The summed E-state index contributed by atoms with van der Waals surface area (Å²) in [6.07, 6.45) is 5.69. The van der Waals surface area contributed by atoms with Crippen LogP contribution < -0.4 is 0 Å². The van der Waals surface area contributed by atoms with E-state index in [0.29, 0.717) is 18.3 Å². The molecule has 0 spiro atoms. The second kappa shape index (κ2) is 5.91. The molecule has 20 heavy (non-hydrogen) atoms. The molecule has 2 atom stereocenters. The Balaban J connectivity index is 1.76. The molecule has 6 heteroatoms. The lowest BCUT2D eigenvalue weighted by Crippen LogP contribution is -2.46. The normalized spacial score (nSPS) is 27.6. The summed E-state index contributed by atoms with van der Waals surface area (Å²) in [5, 5.41) is 4.00. The highest BCUT2D eigenvalue weighted by atomic mass is 16.5. The van der Waals surface area contributed by atoms with Crippen molar-refractivity contribution in [3.8, 4) is 0 Å². The van der Waals surface area contributed by atoms with Crippen LogP contribution in [0.4, 0.5) is 0 Å². The third-order valence-corrected chi connectivity index (χ3v) is 4.08. The lowest BCUT2D eigenvalue weighted by atomic mass is 9.99. The van der Waals surface area contributed by atoms with Gasteiger partial charge in [-0.1, -0.05) is 5.16 Å². The van der Waals surface area contributed by atoms with Gasteiger partial charge in [0.2, 0.25) is 5.89 Å². The van der Waals surface area contributed by atoms with Crippen LogP contribution in [0, 0.1) is 6.92 Å². The minimum Gasteiger partial charge on any atom is -0.368 e. The van der Waals surface area contributed by atoms with Crippen molar-refractivity contribution >= 4 is 5.91 Å². The molecule has 2 fully saturated rings. The molecular weight excluding hydrogens is 258 g/mol. The van der Waals surface area contributed by atoms with Crippen molar-refractivity contribution in [1.29, 1.82) is 0 Å². The van der Waals surface area contributed by atoms with Gasteiger partial charge in [-0.25, -0.2) is 0 Å². The van der Waals surface area contributed by atoms with E-state index in [1.165, 1.54) is 0 Å². The van der Waals surface area contributed by atoms with Crippen molar-refractivity contribution in [2.45, 2.75) is 57.6 Å². The summed E-state index contributed by atoms with van der Waals surface area (Å²) >= 11 is 0. The summed E-state index contributed by atoms with van der Waals surface area (Å²) in [4.78, 5) is 18.9. The van der Waals surface area contributed by atoms with Crippen LogP contribution in [-0.4, -0.2) is 40.2 Å². The molecule has 0 aliphatic carbocycles. The molecule has 0 bridgehead atoms. The number of rotatable bonds is 2. The highest BCUT2D eigenvalue weighted by Gasteiger charge is 2.35. The number of nitrogens with zero attached hydrogens (tertiary/aromatic N) is 3. The van der Waals surface area contributed by atoms with Crippen LogP contribution in [0.15, 0.2) is 4.52 Å². The molecule has 0 radical (unpaired) electrons. The largest absolute Gasteiger partial charge is 0.368 e. The number of hydrogen-bond donors (Lipinski definition) is 0. The molecule has 6 nitrogen and oxygen atoms in total. The zero-order valence-electron chi connectivity index (χ0n) is 11.9. The fraction of sp³-hybridized carbons (Fsp3) is 0.786. The quantitative estimate of drug-likeness (QED) is 0.828. The molecular formula is C14H21N3O3. The van der Waals surface area contributed by atoms with Crippen LogP contribution in [-0.2, 0) is 9.53 Å². The Morgan fingerprint density at radius 2 is 2.10 bits per heavy atom. The minimum absolute atomic E-state index is 0.0563. The van der Waals surface area contributed by atoms with E-state index in [1.807, 2.05) is 4.90 Å². The van der Waals surface area contributed by atoms with Gasteiger partial charge in [-0.3, -0.25) is 4.79 Å². The Kier molecular flexibility index (Phi) is 4.00. The number of aryl methyl sites for hydroxylation is 1. The number of piperidine rings is 1. The summed E-state index contributed by atoms with van der Waals surface area (Å²) in [7, 11) is 0. The Morgan fingerprint density at radius 3 is 2.80 bits per heavy atom. The minimum atomic E-state index is -0.280. The number of carbonyl (C=O) groups excluding carboxylic acids is 1. The maximum absolute atomic E-state index is 12.7. The second-order valence-electron chi connectivity index (χ2n) is 5.57. The van der Waals surface area contributed by atoms with Gasteiger partial charge in [-0.2, -0.15) is 4.98 Å². The van der Waals surface area contributed by atoms with E-state index < -0.39 is 0 Å². The molecule has 1 amide bonds. The van der Waals surface area contributed by atoms with Crippen molar-refractivity contribution in [3.05, 3.63) is 11.7 Å². The van der Waals surface area contributed by atoms with Crippen LogP contribution in [0.5, 0.6) is 0 Å². The van der Waals surface area contributed by atoms with E-state index in [0.717, 1.165) is 45.1 Å². The molecule has 2 aliphatic rings. The Labute approximate surface area is 118 Å². The van der Waals surface area contributed by atoms with Gasteiger partial charge >= 0.3 is 0 Å². The highest BCUT2D eigenvalue weighted by Crippen LogP contribution is 2.31. The average Bonchev–Trinajstić information content (AvgIpc) is 2.94. The first-order valence-electron chi connectivity index (χ1n) is 7.48. The fourth-order valence-electron chi connectivity index (χ4n) is 3.03. The summed E-state index contributed by atoms with van der Waals surface area (Å²) in [5.41, 5.74) is 0. The molecule has 3 heterocycles. The Bertz CT molecular complexity index is 468. The van der Waals surface area contributed by atoms with Crippen molar-refractivity contribution in [3.63, 3.8) is 0 Å². The van der Waals surface area contributed by atoms with Gasteiger partial charge in [-0.15, -0.1) is 0 Å². The lowest BCUT2D eigenvalue weighted by molar-refractivity contribution is -0.150. The van der Waals surface area contributed by atoms with Gasteiger partial charge in [0.05, 0.1) is 6.04 Å². The number of hydrogen-bond acceptors (Lipinski definition) is 5. The molecule has 110 valence electrons. The summed E-state index contributed by atoms with van der Waals surface area (Å²) in [6.45, 7) is 3.23. The molecule has 2 aliphatic heterocycles. The molecule has 0 saturated carbocycles. The van der Waals surface area contributed by atoms with Crippen molar-refractivity contribution < 1.29 is 14.1 Å². The van der Waals surface area contributed by atoms with E-state index in [-0.39, 0.29) is 18.1 Å². The van der Waals surface area contributed by atoms with Crippen LogP contribution in [0.1, 0.15) is 56.3 Å². The van der Waals surface area contributed by atoms with Gasteiger partial charge in [0, 0.05) is 20.1 Å². The van der Waals surface area contributed by atoms with Gasteiger partial charge in [0.25, 0.3) is 5.91 Å². The lowest BCUT2D eigenvalue weighted by Gasteiger charge is -2.36. The number of ether oxygens (including phenoxy) is 1. The van der Waals surface area contributed by atoms with Gasteiger partial charge in [0.15, 0.2) is 5.82 Å². The number of amides is 1. The van der Waals surface area contributed by atoms with Crippen LogP contribution in [0.25, 0.3) is 0 Å².